The molecule has 21 heavy (non-hydrogen) atoms. The van der Waals surface area contributed by atoms with Crippen LogP contribution in [0.5, 0.6) is 0 Å². The standard InChI is InChI=1S/C14H21O6P/c1-3-19-21(18,20-4-2)13-9-11(6-8-14(16)17)5-7-12(13)10-15/h5,7,9,15H,3-4,6,8,10H2,1-2H3,(H,16,17). The first-order chi connectivity index (χ1) is 9.96. The Morgan fingerprint density at radius 3 is 2.33 bits per heavy atom. The van der Waals surface area contributed by atoms with Crippen molar-refractivity contribution in [2.45, 2.75) is 33.3 Å². The third kappa shape index (κ3) is 4.93. The van der Waals surface area contributed by atoms with Crippen LogP contribution >= 0.6 is 7.60 Å². The first-order valence-electron chi connectivity index (χ1n) is 6.81. The van der Waals surface area contributed by atoms with E-state index in [0.29, 0.717) is 22.9 Å². The highest BCUT2D eigenvalue weighted by molar-refractivity contribution is 7.62. The minimum absolute atomic E-state index is 0.0223. The predicted octanol–water partition coefficient (Wildman–Crippen LogP) is 2.09. The van der Waals surface area contributed by atoms with Crippen molar-refractivity contribution in [1.82, 2.24) is 0 Å². The summed E-state index contributed by atoms with van der Waals surface area (Å²) in [6.07, 6.45) is 0.289. The van der Waals surface area contributed by atoms with Gasteiger partial charge in [-0.15, -0.1) is 0 Å². The van der Waals surface area contributed by atoms with Gasteiger partial charge in [-0.05, 0) is 37.5 Å². The van der Waals surface area contributed by atoms with Gasteiger partial charge in [0.05, 0.1) is 25.1 Å². The van der Waals surface area contributed by atoms with Gasteiger partial charge in [0.25, 0.3) is 0 Å². The van der Waals surface area contributed by atoms with Crippen molar-refractivity contribution in [2.24, 2.45) is 0 Å². The lowest BCUT2D eigenvalue weighted by Crippen LogP contribution is -2.17. The predicted molar refractivity (Wildman–Crippen MR) is 78.8 cm³/mol. The summed E-state index contributed by atoms with van der Waals surface area (Å²) in [5, 5.41) is 18.4. The molecule has 0 fully saturated rings. The van der Waals surface area contributed by atoms with Crippen molar-refractivity contribution in [3.8, 4) is 0 Å². The van der Waals surface area contributed by atoms with E-state index in [1.807, 2.05) is 0 Å². The minimum atomic E-state index is -3.51. The Balaban J connectivity index is 3.19. The van der Waals surface area contributed by atoms with Crippen LogP contribution in [-0.2, 0) is 31.4 Å². The fraction of sp³-hybridized carbons (Fsp3) is 0.500. The Bertz CT molecular complexity index is 518. The molecule has 0 saturated carbocycles. The normalized spacial score (nSPS) is 11.6. The summed E-state index contributed by atoms with van der Waals surface area (Å²) >= 11 is 0. The van der Waals surface area contributed by atoms with Crippen molar-refractivity contribution in [3.63, 3.8) is 0 Å². The van der Waals surface area contributed by atoms with Crippen molar-refractivity contribution >= 4 is 18.9 Å². The number of hydrogen-bond acceptors (Lipinski definition) is 5. The van der Waals surface area contributed by atoms with Crippen LogP contribution in [0.1, 0.15) is 31.4 Å². The number of aliphatic hydroxyl groups is 1. The molecule has 0 unspecified atom stereocenters. The number of aliphatic carboxylic acids is 1. The molecule has 118 valence electrons. The van der Waals surface area contributed by atoms with Gasteiger partial charge in [-0.1, -0.05) is 12.1 Å². The van der Waals surface area contributed by atoms with Gasteiger partial charge in [-0.3, -0.25) is 9.36 Å². The molecule has 1 aromatic carbocycles. The monoisotopic (exact) mass is 316 g/mol. The quantitative estimate of drug-likeness (QED) is 0.678. The highest BCUT2D eigenvalue weighted by Crippen LogP contribution is 2.47. The molecule has 1 aromatic rings. The van der Waals surface area contributed by atoms with Crippen LogP contribution < -0.4 is 5.30 Å². The van der Waals surface area contributed by atoms with E-state index in [-0.39, 0.29) is 26.2 Å². The summed E-state index contributed by atoms with van der Waals surface area (Å²) in [4.78, 5) is 10.6. The van der Waals surface area contributed by atoms with Gasteiger partial charge >= 0.3 is 13.6 Å². The van der Waals surface area contributed by atoms with Gasteiger partial charge in [0.15, 0.2) is 0 Å². The minimum Gasteiger partial charge on any atom is -0.481 e. The van der Waals surface area contributed by atoms with Crippen molar-refractivity contribution < 1.29 is 28.6 Å². The Morgan fingerprint density at radius 2 is 1.86 bits per heavy atom. The molecule has 0 atom stereocenters. The lowest BCUT2D eigenvalue weighted by molar-refractivity contribution is -0.136. The summed E-state index contributed by atoms with van der Waals surface area (Å²) in [6.45, 7) is 3.54. The molecule has 0 aromatic heterocycles. The van der Waals surface area contributed by atoms with Gasteiger partial charge in [-0.25, -0.2) is 0 Å². The molecule has 0 heterocycles. The van der Waals surface area contributed by atoms with Gasteiger partial charge in [0.2, 0.25) is 0 Å². The van der Waals surface area contributed by atoms with Crippen LogP contribution in [0.25, 0.3) is 0 Å². The Labute approximate surface area is 124 Å². The summed E-state index contributed by atoms with van der Waals surface area (Å²) in [5.41, 5.74) is 1.17. The third-order valence-corrected chi connectivity index (χ3v) is 5.04. The summed E-state index contributed by atoms with van der Waals surface area (Å²) in [7, 11) is -3.51. The zero-order chi connectivity index (χ0) is 15.9. The molecule has 0 aliphatic rings. The van der Waals surface area contributed by atoms with Crippen LogP contribution in [0.2, 0.25) is 0 Å². The number of aliphatic hydroxyl groups excluding tert-OH is 1. The number of rotatable bonds is 9. The Hall–Kier alpha value is -1.20. The molecule has 7 heteroatoms. The second kappa shape index (κ2) is 8.29. The number of carboxylic acids is 1. The average molecular weight is 316 g/mol. The van der Waals surface area contributed by atoms with E-state index in [9.17, 15) is 14.5 Å². The fourth-order valence-electron chi connectivity index (χ4n) is 1.92. The summed E-state index contributed by atoms with van der Waals surface area (Å²) in [5.74, 6) is -0.902. The Morgan fingerprint density at radius 1 is 1.24 bits per heavy atom. The molecule has 0 saturated heterocycles. The highest BCUT2D eigenvalue weighted by atomic mass is 31.2. The van der Waals surface area contributed by atoms with Crippen LogP contribution in [-0.4, -0.2) is 29.4 Å². The van der Waals surface area contributed by atoms with Crippen molar-refractivity contribution in [3.05, 3.63) is 29.3 Å². The third-order valence-electron chi connectivity index (χ3n) is 2.84. The lowest BCUT2D eigenvalue weighted by atomic mass is 10.1. The van der Waals surface area contributed by atoms with E-state index in [0.717, 1.165) is 0 Å². The maximum Gasteiger partial charge on any atom is 0.361 e. The topological polar surface area (TPSA) is 93.1 Å². The van der Waals surface area contributed by atoms with E-state index in [4.69, 9.17) is 14.2 Å². The molecule has 1 rings (SSSR count). The van der Waals surface area contributed by atoms with Crippen molar-refractivity contribution in [2.75, 3.05) is 13.2 Å². The molecule has 6 nitrogen and oxygen atoms in total. The van der Waals surface area contributed by atoms with E-state index < -0.39 is 13.6 Å². The van der Waals surface area contributed by atoms with Crippen LogP contribution in [0.15, 0.2) is 18.2 Å². The number of carboxylic acid groups (broad SMARTS) is 1. The second-order valence-corrected chi connectivity index (χ2v) is 6.34. The van der Waals surface area contributed by atoms with Gasteiger partial charge in [0, 0.05) is 6.42 Å². The molecule has 2 N–H and O–H groups in total. The number of hydrogen-bond donors (Lipinski definition) is 2. The lowest BCUT2D eigenvalue weighted by Gasteiger charge is -2.20. The zero-order valence-electron chi connectivity index (χ0n) is 12.2. The SMILES string of the molecule is CCOP(=O)(OCC)c1cc(CCC(=O)O)ccc1CO. The van der Waals surface area contributed by atoms with E-state index in [1.54, 1.807) is 32.0 Å². The molecule has 0 radical (unpaired) electrons. The maximum atomic E-state index is 12.8. The summed E-state index contributed by atoms with van der Waals surface area (Å²) < 4.78 is 23.4. The van der Waals surface area contributed by atoms with Crippen LogP contribution in [0, 0.1) is 0 Å². The number of carbonyl (C=O) groups is 1. The number of aryl methyl sites for hydroxylation is 1. The second-order valence-electron chi connectivity index (χ2n) is 4.35. The number of benzene rings is 1. The Kier molecular flexibility index (Phi) is 7.05. The molecule has 0 aliphatic carbocycles. The van der Waals surface area contributed by atoms with E-state index in [2.05, 4.69) is 0 Å². The first-order valence-corrected chi connectivity index (χ1v) is 8.35. The molecule has 0 aliphatic heterocycles. The molecule has 0 spiro atoms. The maximum absolute atomic E-state index is 12.8. The molecule has 0 amide bonds. The molecular formula is C14H21O6P. The largest absolute Gasteiger partial charge is 0.481 e. The zero-order valence-corrected chi connectivity index (χ0v) is 13.1. The van der Waals surface area contributed by atoms with Crippen molar-refractivity contribution in [1.29, 1.82) is 0 Å². The van der Waals surface area contributed by atoms with Gasteiger partial charge < -0.3 is 19.3 Å². The van der Waals surface area contributed by atoms with Gasteiger partial charge in [-0.2, -0.15) is 0 Å². The molecular weight excluding hydrogens is 295 g/mol. The molecule has 0 bridgehead atoms. The average Bonchev–Trinajstić information content (AvgIpc) is 2.45. The van der Waals surface area contributed by atoms with Gasteiger partial charge in [0.1, 0.15) is 0 Å². The fourth-order valence-corrected chi connectivity index (χ4v) is 3.77. The smallest absolute Gasteiger partial charge is 0.361 e. The van der Waals surface area contributed by atoms with E-state index >= 15 is 0 Å². The summed E-state index contributed by atoms with van der Waals surface area (Å²) in [6, 6.07) is 4.93. The van der Waals surface area contributed by atoms with Crippen LogP contribution in [0.3, 0.4) is 0 Å². The first kappa shape index (κ1) is 17.9. The van der Waals surface area contributed by atoms with E-state index in [1.165, 1.54) is 0 Å². The highest BCUT2D eigenvalue weighted by Gasteiger charge is 2.29. The van der Waals surface area contributed by atoms with Crippen LogP contribution in [0.4, 0.5) is 0 Å².